The number of hydrogen-bond donors (Lipinski definition) is 0. The van der Waals surface area contributed by atoms with Crippen molar-refractivity contribution in [1.82, 2.24) is 0 Å². The number of hydrogen-bond acceptors (Lipinski definition) is 0. The maximum Gasteiger partial charge on any atom is 0.123 e. The summed E-state index contributed by atoms with van der Waals surface area (Å²) in [6.45, 7) is 1.99. The second kappa shape index (κ2) is 5.09. The Morgan fingerprint density at radius 2 is 2.00 bits per heavy atom. The van der Waals surface area contributed by atoms with Gasteiger partial charge in [0.15, 0.2) is 0 Å². The van der Waals surface area contributed by atoms with Crippen LogP contribution in [0.15, 0.2) is 42.5 Å². The molecular weight excluding hydrogens is 303 g/mol. The van der Waals surface area contributed by atoms with Gasteiger partial charge < -0.3 is 0 Å². The van der Waals surface area contributed by atoms with Gasteiger partial charge in [-0.3, -0.25) is 0 Å². The first-order chi connectivity index (χ1) is 9.15. The number of halogens is 2. The fourth-order valence-electron chi connectivity index (χ4n) is 2.98. The van der Waals surface area contributed by atoms with E-state index >= 15 is 0 Å². The summed E-state index contributed by atoms with van der Waals surface area (Å²) in [4.78, 5) is 0.410. The van der Waals surface area contributed by atoms with Crippen molar-refractivity contribution < 1.29 is 4.39 Å². The Kier molecular flexibility index (Phi) is 3.44. The molecule has 0 heterocycles. The van der Waals surface area contributed by atoms with E-state index in [1.54, 1.807) is 12.1 Å². The van der Waals surface area contributed by atoms with Gasteiger partial charge in [-0.1, -0.05) is 46.3 Å². The molecule has 2 aromatic carbocycles. The summed E-state index contributed by atoms with van der Waals surface area (Å²) in [5.74, 6) is 0.410. The average molecular weight is 319 g/mol. The molecule has 0 saturated heterocycles. The standard InChI is InChI=1S/C17H16BrF/c1-11-8-15(19)7-6-12(11)9-14-10-13-4-2-3-5-16(13)17(14)18/h2-8,14,17H,9-10H2,1H3. The van der Waals surface area contributed by atoms with E-state index in [0.29, 0.717) is 10.7 Å². The van der Waals surface area contributed by atoms with Crippen molar-refractivity contribution in [1.29, 1.82) is 0 Å². The lowest BCUT2D eigenvalue weighted by Crippen LogP contribution is -2.07. The van der Waals surface area contributed by atoms with Crippen molar-refractivity contribution in [2.45, 2.75) is 24.6 Å². The quantitative estimate of drug-likeness (QED) is 0.685. The Balaban J connectivity index is 1.83. The molecule has 0 N–H and O–H groups in total. The number of benzene rings is 2. The third kappa shape index (κ3) is 2.46. The molecule has 2 heteroatoms. The van der Waals surface area contributed by atoms with E-state index in [1.165, 1.54) is 16.7 Å². The number of aryl methyl sites for hydroxylation is 1. The average Bonchev–Trinajstić information content (AvgIpc) is 2.70. The minimum absolute atomic E-state index is 0.147. The molecule has 0 spiro atoms. The summed E-state index contributed by atoms with van der Waals surface area (Å²) in [5, 5.41) is 0. The number of fused-ring (bicyclic) bond motifs is 1. The zero-order valence-electron chi connectivity index (χ0n) is 10.9. The predicted octanol–water partition coefficient (Wildman–Crippen LogP) is 4.99. The van der Waals surface area contributed by atoms with E-state index in [0.717, 1.165) is 18.4 Å². The van der Waals surface area contributed by atoms with Crippen LogP contribution in [0.1, 0.15) is 27.1 Å². The summed E-state index contributed by atoms with van der Waals surface area (Å²) in [6, 6.07) is 13.7. The highest BCUT2D eigenvalue weighted by Crippen LogP contribution is 2.43. The fraction of sp³-hybridized carbons (Fsp3) is 0.294. The lowest BCUT2D eigenvalue weighted by atomic mass is 9.94. The predicted molar refractivity (Wildman–Crippen MR) is 80.1 cm³/mol. The van der Waals surface area contributed by atoms with Gasteiger partial charge in [-0.25, -0.2) is 4.39 Å². The van der Waals surface area contributed by atoms with E-state index in [1.807, 2.05) is 13.0 Å². The third-order valence-electron chi connectivity index (χ3n) is 4.03. The Morgan fingerprint density at radius 3 is 2.74 bits per heavy atom. The maximum absolute atomic E-state index is 13.1. The van der Waals surface area contributed by atoms with Gasteiger partial charge in [-0.05, 0) is 60.1 Å². The minimum atomic E-state index is -0.147. The molecule has 0 bridgehead atoms. The zero-order valence-corrected chi connectivity index (χ0v) is 12.5. The lowest BCUT2D eigenvalue weighted by molar-refractivity contribution is 0.552. The molecule has 2 aromatic rings. The third-order valence-corrected chi connectivity index (χ3v) is 5.28. The second-order valence-electron chi connectivity index (χ2n) is 5.34. The van der Waals surface area contributed by atoms with Gasteiger partial charge >= 0.3 is 0 Å². The summed E-state index contributed by atoms with van der Waals surface area (Å²) in [7, 11) is 0. The smallest absolute Gasteiger partial charge is 0.123 e. The van der Waals surface area contributed by atoms with Crippen LogP contribution in [0.3, 0.4) is 0 Å². The van der Waals surface area contributed by atoms with Crippen LogP contribution in [0, 0.1) is 18.7 Å². The highest BCUT2D eigenvalue weighted by atomic mass is 79.9. The van der Waals surface area contributed by atoms with Crippen LogP contribution in [0.25, 0.3) is 0 Å². The Bertz CT molecular complexity index is 606. The van der Waals surface area contributed by atoms with Crippen molar-refractivity contribution in [3.8, 4) is 0 Å². The first kappa shape index (κ1) is 12.9. The monoisotopic (exact) mass is 318 g/mol. The maximum atomic E-state index is 13.1. The Labute approximate surface area is 121 Å². The van der Waals surface area contributed by atoms with Crippen molar-refractivity contribution in [2.75, 3.05) is 0 Å². The SMILES string of the molecule is Cc1cc(F)ccc1CC1Cc2ccccc2C1Br. The van der Waals surface area contributed by atoms with E-state index in [9.17, 15) is 4.39 Å². The molecule has 1 aliphatic rings. The van der Waals surface area contributed by atoms with Crippen molar-refractivity contribution in [3.05, 3.63) is 70.5 Å². The van der Waals surface area contributed by atoms with Crippen molar-refractivity contribution in [3.63, 3.8) is 0 Å². The van der Waals surface area contributed by atoms with Crippen LogP contribution in [0.5, 0.6) is 0 Å². The first-order valence-corrected chi connectivity index (χ1v) is 7.53. The van der Waals surface area contributed by atoms with E-state index in [2.05, 4.69) is 40.2 Å². The summed E-state index contributed by atoms with van der Waals surface area (Å²) in [5.41, 5.74) is 5.15. The van der Waals surface area contributed by atoms with Gasteiger partial charge in [-0.2, -0.15) is 0 Å². The van der Waals surface area contributed by atoms with Crippen LogP contribution in [0.4, 0.5) is 4.39 Å². The molecule has 98 valence electrons. The largest absolute Gasteiger partial charge is 0.207 e. The molecule has 0 aliphatic heterocycles. The van der Waals surface area contributed by atoms with E-state index < -0.39 is 0 Å². The molecule has 0 aromatic heterocycles. The van der Waals surface area contributed by atoms with Gasteiger partial charge in [0.25, 0.3) is 0 Å². The summed E-state index contributed by atoms with van der Waals surface area (Å²) in [6.07, 6.45) is 2.10. The van der Waals surface area contributed by atoms with Crippen molar-refractivity contribution in [2.24, 2.45) is 5.92 Å². The van der Waals surface area contributed by atoms with Crippen LogP contribution in [0.2, 0.25) is 0 Å². The van der Waals surface area contributed by atoms with E-state index in [4.69, 9.17) is 0 Å². The molecule has 0 radical (unpaired) electrons. The topological polar surface area (TPSA) is 0 Å². The molecule has 19 heavy (non-hydrogen) atoms. The molecule has 1 aliphatic carbocycles. The molecule has 0 saturated carbocycles. The van der Waals surface area contributed by atoms with Crippen LogP contribution in [-0.4, -0.2) is 0 Å². The minimum Gasteiger partial charge on any atom is -0.207 e. The van der Waals surface area contributed by atoms with Gasteiger partial charge in [-0.15, -0.1) is 0 Å². The molecule has 0 fully saturated rings. The molecular formula is C17H16BrF. The van der Waals surface area contributed by atoms with Crippen LogP contribution >= 0.6 is 15.9 Å². The molecule has 2 atom stereocenters. The highest BCUT2D eigenvalue weighted by Gasteiger charge is 2.30. The number of rotatable bonds is 2. The van der Waals surface area contributed by atoms with Gasteiger partial charge in [0.2, 0.25) is 0 Å². The van der Waals surface area contributed by atoms with Crippen LogP contribution < -0.4 is 0 Å². The normalized spacial score (nSPS) is 21.4. The van der Waals surface area contributed by atoms with Crippen molar-refractivity contribution >= 4 is 15.9 Å². The van der Waals surface area contributed by atoms with Gasteiger partial charge in [0, 0.05) is 4.83 Å². The molecule has 3 rings (SSSR count). The van der Waals surface area contributed by atoms with Gasteiger partial charge in [0.05, 0.1) is 0 Å². The summed E-state index contributed by atoms with van der Waals surface area (Å²) < 4.78 is 13.1. The second-order valence-corrected chi connectivity index (χ2v) is 6.33. The Morgan fingerprint density at radius 1 is 1.21 bits per heavy atom. The zero-order chi connectivity index (χ0) is 13.4. The Hall–Kier alpha value is -1.15. The fourth-order valence-corrected chi connectivity index (χ4v) is 3.80. The van der Waals surface area contributed by atoms with E-state index in [-0.39, 0.29) is 5.82 Å². The van der Waals surface area contributed by atoms with Crippen LogP contribution in [-0.2, 0) is 12.8 Å². The molecule has 0 amide bonds. The molecule has 0 nitrogen and oxygen atoms in total. The van der Waals surface area contributed by atoms with Gasteiger partial charge in [0.1, 0.15) is 5.82 Å². The summed E-state index contributed by atoms with van der Waals surface area (Å²) >= 11 is 3.83. The molecule has 2 unspecified atom stereocenters. The lowest BCUT2D eigenvalue weighted by Gasteiger charge is -2.16. The highest BCUT2D eigenvalue weighted by molar-refractivity contribution is 9.09. The number of alkyl halides is 1. The first-order valence-electron chi connectivity index (χ1n) is 6.62.